The molecule has 1 amide bonds. The number of carbonyl (C=O) groups is 1. The van der Waals surface area contributed by atoms with Gasteiger partial charge < -0.3 is 15.0 Å². The van der Waals surface area contributed by atoms with Gasteiger partial charge in [0.2, 0.25) is 5.91 Å². The van der Waals surface area contributed by atoms with E-state index in [-0.39, 0.29) is 18.1 Å². The Hall–Kier alpha value is -1.10. The Balaban J connectivity index is 1.68. The summed E-state index contributed by atoms with van der Waals surface area (Å²) in [6, 6.07) is 7.67. The van der Waals surface area contributed by atoms with Crippen LogP contribution in [-0.4, -0.2) is 43.1 Å². The lowest BCUT2D eigenvalue weighted by atomic mass is 10.0. The van der Waals surface area contributed by atoms with Crippen LogP contribution in [0.2, 0.25) is 5.02 Å². The maximum atomic E-state index is 12.6. The molecule has 2 heterocycles. The van der Waals surface area contributed by atoms with Gasteiger partial charge in [-0.1, -0.05) is 36.2 Å². The first-order valence-electron chi connectivity index (χ1n) is 7.64. The molecule has 0 radical (unpaired) electrons. The number of benzene rings is 1. The summed E-state index contributed by atoms with van der Waals surface area (Å²) < 4.78 is 5.81. The van der Waals surface area contributed by atoms with Crippen LogP contribution in [0, 0.1) is 0 Å². The number of hydrogen-bond donors (Lipinski definition) is 1. The van der Waals surface area contributed by atoms with E-state index >= 15 is 0 Å². The SMILES string of the molecule is O=C(C1CCCCN1)N1CCOC(c2ccccc2Cl)C1. The van der Waals surface area contributed by atoms with E-state index in [4.69, 9.17) is 16.3 Å². The zero-order chi connectivity index (χ0) is 14.7. The molecule has 2 atom stereocenters. The van der Waals surface area contributed by atoms with Crippen molar-refractivity contribution in [3.05, 3.63) is 34.9 Å². The number of ether oxygens (including phenoxy) is 1. The van der Waals surface area contributed by atoms with E-state index in [0.717, 1.165) is 31.4 Å². The highest BCUT2D eigenvalue weighted by Crippen LogP contribution is 2.28. The number of carbonyl (C=O) groups excluding carboxylic acids is 1. The molecule has 1 aromatic rings. The zero-order valence-electron chi connectivity index (χ0n) is 12.1. The fourth-order valence-electron chi connectivity index (χ4n) is 3.06. The first-order valence-corrected chi connectivity index (χ1v) is 8.01. The standard InChI is InChI=1S/C16H21ClN2O2/c17-13-6-2-1-5-12(13)15-11-19(9-10-21-15)16(20)14-7-3-4-8-18-14/h1-2,5-6,14-15,18H,3-4,7-11H2. The van der Waals surface area contributed by atoms with Crippen LogP contribution in [-0.2, 0) is 9.53 Å². The lowest BCUT2D eigenvalue weighted by Crippen LogP contribution is -2.52. The van der Waals surface area contributed by atoms with E-state index in [1.54, 1.807) is 0 Å². The predicted octanol–water partition coefficient (Wildman–Crippen LogP) is 2.38. The van der Waals surface area contributed by atoms with Gasteiger partial charge in [-0.2, -0.15) is 0 Å². The minimum Gasteiger partial charge on any atom is -0.370 e. The first kappa shape index (κ1) is 14.8. The molecule has 21 heavy (non-hydrogen) atoms. The van der Waals surface area contributed by atoms with Crippen LogP contribution in [0.4, 0.5) is 0 Å². The van der Waals surface area contributed by atoms with Crippen molar-refractivity contribution >= 4 is 17.5 Å². The normalized spacial score (nSPS) is 26.6. The van der Waals surface area contributed by atoms with Crippen molar-refractivity contribution in [3.63, 3.8) is 0 Å². The lowest BCUT2D eigenvalue weighted by molar-refractivity contribution is -0.141. The van der Waals surface area contributed by atoms with Gasteiger partial charge in [0.25, 0.3) is 0 Å². The monoisotopic (exact) mass is 308 g/mol. The molecule has 2 aliphatic heterocycles. The molecule has 2 aliphatic rings. The molecule has 3 rings (SSSR count). The average molecular weight is 309 g/mol. The molecular formula is C16H21ClN2O2. The zero-order valence-corrected chi connectivity index (χ0v) is 12.8. The number of hydrogen-bond acceptors (Lipinski definition) is 3. The van der Waals surface area contributed by atoms with Gasteiger partial charge in [-0.25, -0.2) is 0 Å². The van der Waals surface area contributed by atoms with Crippen LogP contribution < -0.4 is 5.32 Å². The van der Waals surface area contributed by atoms with Crippen LogP contribution >= 0.6 is 11.6 Å². The minimum absolute atomic E-state index is 0.0243. The van der Waals surface area contributed by atoms with Crippen LogP contribution in [0.3, 0.4) is 0 Å². The van der Waals surface area contributed by atoms with Crippen molar-refractivity contribution < 1.29 is 9.53 Å². The highest BCUT2D eigenvalue weighted by atomic mass is 35.5. The second kappa shape index (κ2) is 6.77. The maximum Gasteiger partial charge on any atom is 0.239 e. The Labute approximate surface area is 130 Å². The molecule has 1 aromatic carbocycles. The Kier molecular flexibility index (Phi) is 4.78. The molecule has 2 unspecified atom stereocenters. The molecule has 2 saturated heterocycles. The third-order valence-corrected chi connectivity index (χ3v) is 4.58. The molecule has 2 fully saturated rings. The number of piperidine rings is 1. The molecule has 0 aliphatic carbocycles. The number of morpholine rings is 1. The Bertz CT molecular complexity index is 503. The molecule has 4 nitrogen and oxygen atoms in total. The summed E-state index contributed by atoms with van der Waals surface area (Å²) in [5.41, 5.74) is 0.966. The van der Waals surface area contributed by atoms with E-state index < -0.39 is 0 Å². The second-order valence-electron chi connectivity index (χ2n) is 5.67. The van der Waals surface area contributed by atoms with Crippen molar-refractivity contribution in [3.8, 4) is 0 Å². The average Bonchev–Trinajstić information content (AvgIpc) is 2.55. The van der Waals surface area contributed by atoms with E-state index in [9.17, 15) is 4.79 Å². The van der Waals surface area contributed by atoms with Gasteiger partial charge in [-0.05, 0) is 25.5 Å². The maximum absolute atomic E-state index is 12.6. The Morgan fingerprint density at radius 3 is 2.95 bits per heavy atom. The molecule has 0 bridgehead atoms. The summed E-state index contributed by atoms with van der Waals surface area (Å²) in [5.74, 6) is 0.204. The van der Waals surface area contributed by atoms with Crippen molar-refractivity contribution in [2.75, 3.05) is 26.2 Å². The van der Waals surface area contributed by atoms with Gasteiger partial charge in [-0.3, -0.25) is 4.79 Å². The largest absolute Gasteiger partial charge is 0.370 e. The molecule has 114 valence electrons. The number of halogens is 1. The van der Waals surface area contributed by atoms with Gasteiger partial charge in [0.15, 0.2) is 0 Å². The molecule has 0 spiro atoms. The van der Waals surface area contributed by atoms with Crippen molar-refractivity contribution in [2.45, 2.75) is 31.4 Å². The van der Waals surface area contributed by atoms with E-state index in [1.165, 1.54) is 0 Å². The fourth-order valence-corrected chi connectivity index (χ4v) is 3.31. The Morgan fingerprint density at radius 1 is 1.33 bits per heavy atom. The Morgan fingerprint density at radius 2 is 2.19 bits per heavy atom. The third-order valence-electron chi connectivity index (χ3n) is 4.24. The number of nitrogens with zero attached hydrogens (tertiary/aromatic N) is 1. The molecular weight excluding hydrogens is 288 g/mol. The number of rotatable bonds is 2. The van der Waals surface area contributed by atoms with Gasteiger partial charge in [0.1, 0.15) is 6.10 Å². The lowest BCUT2D eigenvalue weighted by Gasteiger charge is -2.36. The van der Waals surface area contributed by atoms with Gasteiger partial charge >= 0.3 is 0 Å². The summed E-state index contributed by atoms with van der Waals surface area (Å²) in [5, 5.41) is 4.03. The topological polar surface area (TPSA) is 41.6 Å². The van der Waals surface area contributed by atoms with Crippen molar-refractivity contribution in [1.82, 2.24) is 10.2 Å². The molecule has 1 N–H and O–H groups in total. The van der Waals surface area contributed by atoms with E-state index in [1.807, 2.05) is 29.2 Å². The third kappa shape index (κ3) is 3.39. The van der Waals surface area contributed by atoms with Crippen LogP contribution in [0.25, 0.3) is 0 Å². The molecule has 0 aromatic heterocycles. The second-order valence-corrected chi connectivity index (χ2v) is 6.07. The van der Waals surface area contributed by atoms with Gasteiger partial charge in [-0.15, -0.1) is 0 Å². The summed E-state index contributed by atoms with van der Waals surface area (Å²) in [4.78, 5) is 14.5. The minimum atomic E-state index is -0.125. The van der Waals surface area contributed by atoms with Gasteiger partial charge in [0, 0.05) is 17.1 Å². The van der Waals surface area contributed by atoms with Crippen LogP contribution in [0.1, 0.15) is 30.9 Å². The van der Waals surface area contributed by atoms with Gasteiger partial charge in [0.05, 0.1) is 19.2 Å². The molecule has 0 saturated carbocycles. The first-order chi connectivity index (χ1) is 10.3. The fraction of sp³-hybridized carbons (Fsp3) is 0.562. The predicted molar refractivity (Wildman–Crippen MR) is 82.4 cm³/mol. The summed E-state index contributed by atoms with van der Waals surface area (Å²) in [6.45, 7) is 2.75. The highest BCUT2D eigenvalue weighted by Gasteiger charge is 2.31. The number of amides is 1. The van der Waals surface area contributed by atoms with Crippen molar-refractivity contribution in [2.24, 2.45) is 0 Å². The highest BCUT2D eigenvalue weighted by molar-refractivity contribution is 6.31. The number of nitrogens with one attached hydrogen (secondary N) is 1. The summed E-state index contributed by atoms with van der Waals surface area (Å²) >= 11 is 6.24. The van der Waals surface area contributed by atoms with Crippen LogP contribution in [0.15, 0.2) is 24.3 Å². The van der Waals surface area contributed by atoms with Crippen LogP contribution in [0.5, 0.6) is 0 Å². The van der Waals surface area contributed by atoms with E-state index in [0.29, 0.717) is 24.7 Å². The summed E-state index contributed by atoms with van der Waals surface area (Å²) in [7, 11) is 0. The summed E-state index contributed by atoms with van der Waals surface area (Å²) in [6.07, 6.45) is 3.10. The molecule has 5 heteroatoms. The van der Waals surface area contributed by atoms with Crippen molar-refractivity contribution in [1.29, 1.82) is 0 Å². The smallest absolute Gasteiger partial charge is 0.239 e. The van der Waals surface area contributed by atoms with E-state index in [2.05, 4.69) is 5.32 Å². The quantitative estimate of drug-likeness (QED) is 0.912.